The van der Waals surface area contributed by atoms with Crippen molar-refractivity contribution in [3.63, 3.8) is 0 Å². The number of hydrogen-bond acceptors (Lipinski definition) is 4. The summed E-state index contributed by atoms with van der Waals surface area (Å²) >= 11 is 0. The second kappa shape index (κ2) is 17.3. The highest BCUT2D eigenvalue weighted by Crippen LogP contribution is 2.13. The highest BCUT2D eigenvalue weighted by molar-refractivity contribution is 5.83. The largest absolute Gasteiger partial charge is 0.469 e. The zero-order valence-corrected chi connectivity index (χ0v) is 15.3. The lowest BCUT2D eigenvalue weighted by molar-refractivity contribution is -0.140. The van der Waals surface area contributed by atoms with E-state index in [9.17, 15) is 4.79 Å². The molecule has 0 aliphatic rings. The Labute approximate surface area is 142 Å². The highest BCUT2D eigenvalue weighted by atomic mass is 16.5. The summed E-state index contributed by atoms with van der Waals surface area (Å²) in [5.74, 6) is -0.0963. The molecule has 0 unspecified atom stereocenters. The Hall–Kier alpha value is -1.06. The number of rotatable bonds is 16. The zero-order valence-electron chi connectivity index (χ0n) is 15.3. The molecule has 0 spiro atoms. The van der Waals surface area contributed by atoms with Crippen LogP contribution in [-0.4, -0.2) is 24.0 Å². The summed E-state index contributed by atoms with van der Waals surface area (Å²) in [7, 11) is 1.44. The van der Waals surface area contributed by atoms with Crippen LogP contribution in [0, 0.1) is 0 Å². The van der Waals surface area contributed by atoms with E-state index in [0.29, 0.717) is 6.42 Å². The van der Waals surface area contributed by atoms with Gasteiger partial charge in [0.1, 0.15) is 0 Å². The Kier molecular flexibility index (Phi) is 16.5. The second-order valence-electron chi connectivity index (χ2n) is 6.38. The van der Waals surface area contributed by atoms with Gasteiger partial charge in [0.25, 0.3) is 0 Å². The van der Waals surface area contributed by atoms with Crippen LogP contribution < -0.4 is 0 Å². The van der Waals surface area contributed by atoms with Crippen molar-refractivity contribution in [1.29, 1.82) is 0 Å². The third-order valence-electron chi connectivity index (χ3n) is 4.28. The van der Waals surface area contributed by atoms with E-state index in [2.05, 4.69) is 16.8 Å². The second-order valence-corrected chi connectivity index (χ2v) is 6.38. The number of carbonyl (C=O) groups is 1. The molecule has 1 N–H and O–H groups in total. The van der Waals surface area contributed by atoms with Crippen LogP contribution in [0.5, 0.6) is 0 Å². The van der Waals surface area contributed by atoms with Gasteiger partial charge in [0, 0.05) is 6.42 Å². The number of unbranched alkanes of at least 4 members (excludes halogenated alkanes) is 10. The van der Waals surface area contributed by atoms with E-state index in [0.717, 1.165) is 44.2 Å². The summed E-state index contributed by atoms with van der Waals surface area (Å²) < 4.78 is 4.62. The Balaban J connectivity index is 3.32. The van der Waals surface area contributed by atoms with Crippen LogP contribution in [0.1, 0.15) is 103 Å². The van der Waals surface area contributed by atoms with Gasteiger partial charge in [0.15, 0.2) is 0 Å². The topological polar surface area (TPSA) is 58.9 Å². The molecule has 136 valence electrons. The monoisotopic (exact) mass is 327 g/mol. The van der Waals surface area contributed by atoms with Gasteiger partial charge in [-0.1, -0.05) is 69.9 Å². The predicted octanol–water partition coefficient (Wildman–Crippen LogP) is 5.86. The van der Waals surface area contributed by atoms with Gasteiger partial charge in [0.05, 0.1) is 12.8 Å². The molecule has 0 aliphatic carbocycles. The van der Waals surface area contributed by atoms with Crippen LogP contribution in [0.2, 0.25) is 0 Å². The highest BCUT2D eigenvalue weighted by Gasteiger charge is 2.01. The van der Waals surface area contributed by atoms with Crippen molar-refractivity contribution in [2.75, 3.05) is 7.11 Å². The smallest absolute Gasteiger partial charge is 0.305 e. The molecule has 0 aliphatic heterocycles. The molecule has 0 rings (SSSR count). The van der Waals surface area contributed by atoms with Crippen molar-refractivity contribution in [3.05, 3.63) is 0 Å². The number of ether oxygens (including phenoxy) is 1. The first-order valence-corrected chi connectivity index (χ1v) is 9.51. The van der Waals surface area contributed by atoms with Crippen LogP contribution in [-0.2, 0) is 9.53 Å². The number of oxime groups is 1. The van der Waals surface area contributed by atoms with Gasteiger partial charge in [-0.2, -0.15) is 0 Å². The standard InChI is InChI=1S/C19H37NO3/c1-3-4-5-12-15-18(20-22)16-13-10-8-6-7-9-11-14-17-19(21)23-2/h22H,3-17H2,1-2H3. The van der Waals surface area contributed by atoms with Gasteiger partial charge < -0.3 is 9.94 Å². The number of methoxy groups -OCH3 is 1. The predicted molar refractivity (Wildman–Crippen MR) is 96.2 cm³/mol. The summed E-state index contributed by atoms with van der Waals surface area (Å²) in [6, 6.07) is 0. The molecule has 0 aromatic carbocycles. The molecule has 0 aromatic heterocycles. The Morgan fingerprint density at radius 1 is 0.783 bits per heavy atom. The molecular weight excluding hydrogens is 290 g/mol. The molecule has 0 fully saturated rings. The third-order valence-corrected chi connectivity index (χ3v) is 4.28. The number of carbonyl (C=O) groups excluding carboxylic acids is 1. The average Bonchev–Trinajstić information content (AvgIpc) is 2.57. The molecule has 0 aromatic rings. The maximum atomic E-state index is 10.9. The quantitative estimate of drug-likeness (QED) is 0.127. The first kappa shape index (κ1) is 21.9. The first-order chi connectivity index (χ1) is 11.2. The molecular formula is C19H37NO3. The average molecular weight is 328 g/mol. The van der Waals surface area contributed by atoms with Crippen molar-refractivity contribution in [2.45, 2.75) is 103 Å². The fourth-order valence-corrected chi connectivity index (χ4v) is 2.74. The van der Waals surface area contributed by atoms with Crippen molar-refractivity contribution < 1.29 is 14.7 Å². The van der Waals surface area contributed by atoms with Gasteiger partial charge in [0.2, 0.25) is 0 Å². The van der Waals surface area contributed by atoms with Gasteiger partial charge in [-0.05, 0) is 32.1 Å². The molecule has 0 bridgehead atoms. The Morgan fingerprint density at radius 2 is 1.22 bits per heavy atom. The van der Waals surface area contributed by atoms with Crippen molar-refractivity contribution in [3.8, 4) is 0 Å². The van der Waals surface area contributed by atoms with Crippen molar-refractivity contribution >= 4 is 11.7 Å². The van der Waals surface area contributed by atoms with Crippen LogP contribution in [0.15, 0.2) is 5.16 Å². The minimum absolute atomic E-state index is 0.0963. The molecule has 23 heavy (non-hydrogen) atoms. The lowest BCUT2D eigenvalue weighted by Crippen LogP contribution is -1.99. The van der Waals surface area contributed by atoms with Crippen LogP contribution in [0.3, 0.4) is 0 Å². The lowest BCUT2D eigenvalue weighted by Gasteiger charge is -2.05. The van der Waals surface area contributed by atoms with E-state index in [4.69, 9.17) is 5.21 Å². The van der Waals surface area contributed by atoms with E-state index in [1.807, 2.05) is 0 Å². The minimum Gasteiger partial charge on any atom is -0.469 e. The van der Waals surface area contributed by atoms with Gasteiger partial charge >= 0.3 is 5.97 Å². The fraction of sp³-hybridized carbons (Fsp3) is 0.895. The van der Waals surface area contributed by atoms with Gasteiger partial charge in [-0.3, -0.25) is 4.79 Å². The molecule has 4 nitrogen and oxygen atoms in total. The maximum Gasteiger partial charge on any atom is 0.305 e. The molecule has 4 heteroatoms. The number of esters is 1. The Morgan fingerprint density at radius 3 is 1.65 bits per heavy atom. The molecule has 0 saturated heterocycles. The molecule has 0 heterocycles. The number of hydrogen-bond donors (Lipinski definition) is 1. The first-order valence-electron chi connectivity index (χ1n) is 9.51. The van der Waals surface area contributed by atoms with Crippen LogP contribution in [0.25, 0.3) is 0 Å². The Bertz CT molecular complexity index is 303. The fourth-order valence-electron chi connectivity index (χ4n) is 2.74. The summed E-state index contributed by atoms with van der Waals surface area (Å²) in [5.41, 5.74) is 0.976. The third kappa shape index (κ3) is 15.6. The molecule has 0 saturated carbocycles. The van der Waals surface area contributed by atoms with Crippen LogP contribution >= 0.6 is 0 Å². The van der Waals surface area contributed by atoms with E-state index in [1.165, 1.54) is 58.5 Å². The van der Waals surface area contributed by atoms with Gasteiger partial charge in [-0.15, -0.1) is 0 Å². The van der Waals surface area contributed by atoms with Crippen LogP contribution in [0.4, 0.5) is 0 Å². The van der Waals surface area contributed by atoms with E-state index >= 15 is 0 Å². The molecule has 0 amide bonds. The normalized spacial score (nSPS) is 11.7. The summed E-state index contributed by atoms with van der Waals surface area (Å²) in [4.78, 5) is 10.9. The van der Waals surface area contributed by atoms with Crippen molar-refractivity contribution in [1.82, 2.24) is 0 Å². The van der Waals surface area contributed by atoms with E-state index in [-0.39, 0.29) is 5.97 Å². The zero-order chi connectivity index (χ0) is 17.2. The number of nitrogens with zero attached hydrogens (tertiary/aromatic N) is 1. The van der Waals surface area contributed by atoms with E-state index in [1.54, 1.807) is 0 Å². The molecule has 0 atom stereocenters. The maximum absolute atomic E-state index is 10.9. The van der Waals surface area contributed by atoms with E-state index < -0.39 is 0 Å². The van der Waals surface area contributed by atoms with Gasteiger partial charge in [-0.25, -0.2) is 0 Å². The summed E-state index contributed by atoms with van der Waals surface area (Å²) in [5, 5.41) is 12.5. The van der Waals surface area contributed by atoms with Crippen molar-refractivity contribution in [2.24, 2.45) is 5.16 Å². The summed E-state index contributed by atoms with van der Waals surface area (Å²) in [6.07, 6.45) is 16.8. The molecule has 0 radical (unpaired) electrons. The minimum atomic E-state index is -0.0963. The SMILES string of the molecule is CCCCCCC(CCCCCCCCCCC(=O)OC)=NO. The summed E-state index contributed by atoms with van der Waals surface area (Å²) in [6.45, 7) is 2.21. The lowest BCUT2D eigenvalue weighted by atomic mass is 10.0.